The van der Waals surface area contributed by atoms with Crippen LogP contribution in [0.15, 0.2) is 192 Å². The molecule has 0 aliphatic rings. The van der Waals surface area contributed by atoms with Crippen LogP contribution >= 0.6 is 22.7 Å². The van der Waals surface area contributed by atoms with Crippen LogP contribution in [0.4, 0.5) is 5.69 Å². The van der Waals surface area contributed by atoms with Crippen molar-refractivity contribution >= 4 is 134 Å². The average molecular weight is 927 g/mol. The summed E-state index contributed by atoms with van der Waals surface area (Å²) in [5, 5.41) is 23.3. The van der Waals surface area contributed by atoms with Gasteiger partial charge in [0.05, 0.1) is 55.0 Å². The van der Waals surface area contributed by atoms with E-state index in [0.29, 0.717) is 16.9 Å². The maximum atomic E-state index is 12.3. The normalized spacial score (nSPS) is 12.0. The first-order valence-electron chi connectivity index (χ1n) is 23.3. The SMILES string of the molecule is [C-]#[N+]c1c(-c2ccccc2)c(-n2c3ccccc3c3c(C)cc4c5ccccc5oc4c32)c(-c2ccccc2)c(C#N)c1-n1c2c(ccc3c4ccccc4sc32)c2ccc3c4ccccc4sc3c21. The lowest BCUT2D eigenvalue weighted by Crippen LogP contribution is -2.08. The Hall–Kier alpha value is -8.98. The van der Waals surface area contributed by atoms with Crippen molar-refractivity contribution in [3.63, 3.8) is 0 Å². The highest BCUT2D eigenvalue weighted by atomic mass is 32.1. The monoisotopic (exact) mass is 926 g/mol. The Labute approximate surface area is 407 Å². The number of hydrogen-bond acceptors (Lipinski definition) is 4. The Kier molecular flexibility index (Phi) is 8.10. The number of aromatic nitrogens is 2. The van der Waals surface area contributed by atoms with Gasteiger partial charge < -0.3 is 13.6 Å². The van der Waals surface area contributed by atoms with E-state index in [1.807, 2.05) is 48.5 Å². The molecule has 5 nitrogen and oxygen atoms in total. The van der Waals surface area contributed by atoms with Gasteiger partial charge in [-0.15, -0.1) is 22.7 Å². The molecule has 5 heterocycles. The van der Waals surface area contributed by atoms with Crippen LogP contribution in [0, 0.1) is 24.8 Å². The molecule has 324 valence electrons. The van der Waals surface area contributed by atoms with E-state index in [0.717, 1.165) is 119 Å². The Balaban J connectivity index is 1.24. The summed E-state index contributed by atoms with van der Waals surface area (Å²) in [5.41, 5.74) is 11.8. The van der Waals surface area contributed by atoms with E-state index in [-0.39, 0.29) is 0 Å². The Bertz CT molecular complexity index is 4650. The number of furan rings is 1. The van der Waals surface area contributed by atoms with Gasteiger partial charge in [0.1, 0.15) is 11.7 Å². The average Bonchev–Trinajstić information content (AvgIpc) is 4.23. The van der Waals surface area contributed by atoms with Gasteiger partial charge >= 0.3 is 0 Å². The van der Waals surface area contributed by atoms with Crippen molar-refractivity contribution < 1.29 is 4.42 Å². The number of nitrogens with zero attached hydrogens (tertiary/aromatic N) is 4. The summed E-state index contributed by atoms with van der Waals surface area (Å²) >= 11 is 3.54. The molecule has 15 rings (SSSR count). The van der Waals surface area contributed by atoms with Gasteiger partial charge in [0.15, 0.2) is 5.58 Å². The van der Waals surface area contributed by atoms with Crippen molar-refractivity contribution in [1.82, 2.24) is 9.13 Å². The molecule has 5 aromatic heterocycles. The fourth-order valence-corrected chi connectivity index (χ4v) is 14.1. The van der Waals surface area contributed by atoms with E-state index < -0.39 is 0 Å². The zero-order valence-electron chi connectivity index (χ0n) is 37.4. The number of fused-ring (bicyclic) bond motifs is 18. The predicted octanol–water partition coefficient (Wildman–Crippen LogP) is 18.6. The summed E-state index contributed by atoms with van der Waals surface area (Å²) in [6.07, 6.45) is 0. The topological polar surface area (TPSA) is 51.1 Å². The molecule has 0 amide bonds. The smallest absolute Gasteiger partial charge is 0.221 e. The highest BCUT2D eigenvalue weighted by molar-refractivity contribution is 7.27. The van der Waals surface area contributed by atoms with E-state index in [4.69, 9.17) is 9.26 Å². The van der Waals surface area contributed by atoms with Crippen molar-refractivity contribution in [2.75, 3.05) is 0 Å². The van der Waals surface area contributed by atoms with Crippen molar-refractivity contribution in [2.24, 2.45) is 0 Å². The van der Waals surface area contributed by atoms with Crippen LogP contribution in [-0.4, -0.2) is 9.13 Å². The van der Waals surface area contributed by atoms with E-state index in [1.165, 1.54) is 20.2 Å². The molecule has 70 heavy (non-hydrogen) atoms. The van der Waals surface area contributed by atoms with Crippen LogP contribution < -0.4 is 0 Å². The Morgan fingerprint density at radius 3 is 1.64 bits per heavy atom. The molecule has 15 aromatic rings. The molecule has 0 atom stereocenters. The summed E-state index contributed by atoms with van der Waals surface area (Å²) in [5.74, 6) is 0. The van der Waals surface area contributed by atoms with Gasteiger partial charge in [0.2, 0.25) is 5.69 Å². The minimum atomic E-state index is 0.395. The number of para-hydroxylation sites is 2. The third kappa shape index (κ3) is 5.12. The highest BCUT2D eigenvalue weighted by Crippen LogP contribution is 2.55. The van der Waals surface area contributed by atoms with Crippen molar-refractivity contribution in [1.29, 1.82) is 5.26 Å². The molecular weight excluding hydrogens is 893 g/mol. The number of thiophene rings is 2. The molecule has 0 radical (unpaired) electrons. The first-order valence-corrected chi connectivity index (χ1v) is 24.9. The second-order valence-electron chi connectivity index (χ2n) is 18.1. The largest absolute Gasteiger partial charge is 0.454 e. The van der Waals surface area contributed by atoms with Crippen molar-refractivity contribution in [2.45, 2.75) is 6.92 Å². The second-order valence-corrected chi connectivity index (χ2v) is 20.2. The third-order valence-corrected chi connectivity index (χ3v) is 16.9. The van der Waals surface area contributed by atoms with Crippen LogP contribution in [0.5, 0.6) is 0 Å². The molecule has 10 aromatic carbocycles. The maximum Gasteiger partial charge on any atom is 0.221 e. The molecule has 0 saturated heterocycles. The zero-order valence-corrected chi connectivity index (χ0v) is 39.0. The van der Waals surface area contributed by atoms with Gasteiger partial charge in [0.25, 0.3) is 0 Å². The highest BCUT2D eigenvalue weighted by Gasteiger charge is 2.34. The lowest BCUT2D eigenvalue weighted by atomic mass is 9.88. The third-order valence-electron chi connectivity index (χ3n) is 14.5. The van der Waals surface area contributed by atoms with Gasteiger partial charge in [-0.1, -0.05) is 158 Å². The summed E-state index contributed by atoms with van der Waals surface area (Å²) in [7, 11) is 0. The first-order chi connectivity index (χ1) is 34.6. The summed E-state index contributed by atoms with van der Waals surface area (Å²) in [6.45, 7) is 11.8. The van der Waals surface area contributed by atoms with Crippen LogP contribution in [0.25, 0.3) is 144 Å². The zero-order chi connectivity index (χ0) is 46.4. The number of benzene rings is 10. The molecule has 0 N–H and O–H groups in total. The van der Waals surface area contributed by atoms with E-state index in [9.17, 15) is 11.8 Å². The fraction of sp³-hybridized carbons (Fsp3) is 0.0159. The predicted molar refractivity (Wildman–Crippen MR) is 295 cm³/mol. The van der Waals surface area contributed by atoms with Gasteiger partial charge in [-0.05, 0) is 53.9 Å². The van der Waals surface area contributed by atoms with E-state index >= 15 is 0 Å². The van der Waals surface area contributed by atoms with Crippen molar-refractivity contribution in [3.05, 3.63) is 211 Å². The van der Waals surface area contributed by atoms with Crippen molar-refractivity contribution in [3.8, 4) is 39.7 Å². The molecule has 0 unspecified atom stereocenters. The molecule has 0 fully saturated rings. The lowest BCUT2D eigenvalue weighted by Gasteiger charge is -2.25. The first kappa shape index (κ1) is 39.1. The number of rotatable bonds is 4. The lowest BCUT2D eigenvalue weighted by molar-refractivity contribution is 0.671. The minimum absolute atomic E-state index is 0.395. The van der Waals surface area contributed by atoms with Crippen LogP contribution in [0.2, 0.25) is 0 Å². The number of hydrogen-bond donors (Lipinski definition) is 0. The standard InChI is InChI=1S/C63H34N4OS2/c1-35-33-46-38-21-10-14-26-49(38)68-61(46)60-52(35)45-24-9-13-25-48(45)66(60)59-53(36-17-5-3-6-18-36)47(34-64)56(55(65-2)54(59)37-19-7-4-8-20-37)67-57-41(29-31-43-39-22-11-15-27-50(39)69-62(43)57)42-30-32-44-40-23-12-16-28-51(40)70-63(44)58(42)67/h3-33H,1H3. The molecule has 0 spiro atoms. The van der Waals surface area contributed by atoms with Crippen LogP contribution in [-0.2, 0) is 0 Å². The summed E-state index contributed by atoms with van der Waals surface area (Å²) < 4.78 is 16.2. The molecule has 0 aliphatic carbocycles. The minimum Gasteiger partial charge on any atom is -0.454 e. The summed E-state index contributed by atoms with van der Waals surface area (Å²) in [6, 6.07) is 68.7. The van der Waals surface area contributed by atoms with Gasteiger partial charge in [0, 0.05) is 74.4 Å². The molecule has 0 bridgehead atoms. The Morgan fingerprint density at radius 1 is 0.500 bits per heavy atom. The van der Waals surface area contributed by atoms with E-state index in [1.54, 1.807) is 22.7 Å². The maximum absolute atomic E-state index is 12.3. The van der Waals surface area contributed by atoms with Gasteiger partial charge in [-0.2, -0.15) is 5.26 Å². The van der Waals surface area contributed by atoms with Crippen LogP contribution in [0.1, 0.15) is 11.1 Å². The second kappa shape index (κ2) is 14.5. The number of aryl methyl sites for hydroxylation is 1. The summed E-state index contributed by atoms with van der Waals surface area (Å²) in [4.78, 5) is 4.70. The van der Waals surface area contributed by atoms with Crippen LogP contribution in [0.3, 0.4) is 0 Å². The molecule has 7 heteroatoms. The Morgan fingerprint density at radius 2 is 1.03 bits per heavy atom. The van der Waals surface area contributed by atoms with Gasteiger partial charge in [-0.3, -0.25) is 0 Å². The van der Waals surface area contributed by atoms with Gasteiger partial charge in [-0.25, -0.2) is 4.85 Å². The quantitative estimate of drug-likeness (QED) is 0.165. The fourth-order valence-electron chi connectivity index (χ4n) is 11.7. The molecule has 0 aliphatic heterocycles. The molecular formula is C63H34N4OS2. The van der Waals surface area contributed by atoms with E-state index in [2.05, 4.69) is 162 Å². The number of nitriles is 1. The molecule has 0 saturated carbocycles.